The first kappa shape index (κ1) is 11.6. The van der Waals surface area contributed by atoms with E-state index >= 15 is 0 Å². The van der Waals surface area contributed by atoms with Crippen LogP contribution in [-0.2, 0) is 11.3 Å². The van der Waals surface area contributed by atoms with E-state index in [1.165, 1.54) is 24.3 Å². The first-order valence-corrected chi connectivity index (χ1v) is 6.96. The second kappa shape index (κ2) is 5.99. The van der Waals surface area contributed by atoms with Gasteiger partial charge in [-0.1, -0.05) is 0 Å². The summed E-state index contributed by atoms with van der Waals surface area (Å²) in [5, 5.41) is 2.97. The van der Waals surface area contributed by atoms with Crippen molar-refractivity contribution in [3.8, 4) is 0 Å². The van der Waals surface area contributed by atoms with Crippen LogP contribution in [0.1, 0.15) is 24.8 Å². The van der Waals surface area contributed by atoms with E-state index in [0.717, 1.165) is 5.56 Å². The summed E-state index contributed by atoms with van der Waals surface area (Å²) in [4.78, 5) is 14.7. The molecule has 2 N–H and O–H groups in total. The second-order valence-electron chi connectivity index (χ2n) is 4.26. The summed E-state index contributed by atoms with van der Waals surface area (Å²) in [7, 11) is 0. The predicted molar refractivity (Wildman–Crippen MR) is 67.3 cm³/mol. The summed E-state index contributed by atoms with van der Waals surface area (Å²) in [6.07, 6.45) is 6.88. The van der Waals surface area contributed by atoms with E-state index in [2.05, 4.69) is 10.3 Å². The maximum atomic E-state index is 11.7. The number of H-pyrrole nitrogens is 1. The van der Waals surface area contributed by atoms with E-state index in [9.17, 15) is 4.79 Å². The predicted octanol–water partition coefficient (Wildman–Crippen LogP) is 2.16. The Morgan fingerprint density at radius 2 is 2.31 bits per heavy atom. The third kappa shape index (κ3) is 3.59. The van der Waals surface area contributed by atoms with Crippen molar-refractivity contribution in [1.29, 1.82) is 0 Å². The van der Waals surface area contributed by atoms with Crippen LogP contribution >= 0.6 is 11.8 Å². The highest BCUT2D eigenvalue weighted by Gasteiger charge is 2.16. The normalized spacial score (nSPS) is 17.2. The lowest BCUT2D eigenvalue weighted by molar-refractivity contribution is -0.122. The lowest BCUT2D eigenvalue weighted by Crippen LogP contribution is -2.26. The van der Waals surface area contributed by atoms with Crippen molar-refractivity contribution in [1.82, 2.24) is 10.3 Å². The van der Waals surface area contributed by atoms with Crippen molar-refractivity contribution >= 4 is 17.7 Å². The van der Waals surface area contributed by atoms with E-state index in [1.807, 2.05) is 30.2 Å². The highest BCUT2D eigenvalue weighted by atomic mass is 32.2. The highest BCUT2D eigenvalue weighted by molar-refractivity contribution is 7.99. The lowest BCUT2D eigenvalue weighted by Gasteiger charge is -2.20. The van der Waals surface area contributed by atoms with Gasteiger partial charge < -0.3 is 10.3 Å². The summed E-state index contributed by atoms with van der Waals surface area (Å²) in [5.41, 5.74) is 1.13. The number of carbonyl (C=O) groups is 1. The van der Waals surface area contributed by atoms with Gasteiger partial charge >= 0.3 is 0 Å². The molecular weight excluding hydrogens is 220 g/mol. The number of carbonyl (C=O) groups excluding carboxylic acids is 1. The van der Waals surface area contributed by atoms with E-state index in [1.54, 1.807) is 0 Å². The standard InChI is InChI=1S/C12H18N2OS/c15-12(7-10-2-5-16-6-3-10)14-9-11-1-4-13-8-11/h1,4,8,10,13H,2-3,5-7,9H2,(H,14,15). The van der Waals surface area contributed by atoms with Crippen LogP contribution in [0.3, 0.4) is 0 Å². The first-order valence-electron chi connectivity index (χ1n) is 5.80. The van der Waals surface area contributed by atoms with Crippen molar-refractivity contribution in [2.75, 3.05) is 11.5 Å². The van der Waals surface area contributed by atoms with Gasteiger partial charge in [-0.05, 0) is 41.9 Å². The van der Waals surface area contributed by atoms with Crippen LogP contribution in [0, 0.1) is 5.92 Å². The minimum absolute atomic E-state index is 0.193. The summed E-state index contributed by atoms with van der Waals surface area (Å²) in [6, 6.07) is 1.98. The molecule has 1 aromatic rings. The molecule has 0 aliphatic carbocycles. The Morgan fingerprint density at radius 3 is 3.00 bits per heavy atom. The van der Waals surface area contributed by atoms with Gasteiger partial charge in [0.15, 0.2) is 0 Å². The van der Waals surface area contributed by atoms with Gasteiger partial charge in [0.05, 0.1) is 0 Å². The summed E-state index contributed by atoms with van der Waals surface area (Å²) < 4.78 is 0. The smallest absolute Gasteiger partial charge is 0.220 e. The van der Waals surface area contributed by atoms with Crippen molar-refractivity contribution in [2.45, 2.75) is 25.8 Å². The van der Waals surface area contributed by atoms with Crippen molar-refractivity contribution in [3.05, 3.63) is 24.0 Å². The van der Waals surface area contributed by atoms with Crippen LogP contribution in [0.2, 0.25) is 0 Å². The molecule has 0 radical (unpaired) electrons. The number of amides is 1. The number of hydrogen-bond donors (Lipinski definition) is 2. The fraction of sp³-hybridized carbons (Fsp3) is 0.583. The molecule has 2 heterocycles. The van der Waals surface area contributed by atoms with Gasteiger partial charge in [-0.25, -0.2) is 0 Å². The van der Waals surface area contributed by atoms with Crippen LogP contribution in [-0.4, -0.2) is 22.4 Å². The van der Waals surface area contributed by atoms with Gasteiger partial charge in [0.25, 0.3) is 0 Å². The number of hydrogen-bond acceptors (Lipinski definition) is 2. The van der Waals surface area contributed by atoms with Gasteiger partial charge in [0, 0.05) is 25.4 Å². The minimum atomic E-state index is 0.193. The van der Waals surface area contributed by atoms with Gasteiger partial charge in [0.2, 0.25) is 5.91 Å². The average molecular weight is 238 g/mol. The zero-order chi connectivity index (χ0) is 11.2. The Bertz CT molecular complexity index is 318. The molecule has 0 spiro atoms. The molecule has 4 heteroatoms. The third-order valence-corrected chi connectivity index (χ3v) is 4.02. The monoisotopic (exact) mass is 238 g/mol. The molecule has 88 valence electrons. The zero-order valence-electron chi connectivity index (χ0n) is 9.37. The lowest BCUT2D eigenvalue weighted by atomic mass is 9.98. The number of nitrogens with one attached hydrogen (secondary N) is 2. The van der Waals surface area contributed by atoms with Crippen LogP contribution in [0.25, 0.3) is 0 Å². The molecular formula is C12H18N2OS. The molecule has 0 atom stereocenters. The highest BCUT2D eigenvalue weighted by Crippen LogP contribution is 2.25. The van der Waals surface area contributed by atoms with Crippen LogP contribution in [0.4, 0.5) is 0 Å². The van der Waals surface area contributed by atoms with Crippen molar-refractivity contribution in [3.63, 3.8) is 0 Å². The van der Waals surface area contributed by atoms with Gasteiger partial charge in [-0.2, -0.15) is 11.8 Å². The average Bonchev–Trinajstić information content (AvgIpc) is 2.81. The quantitative estimate of drug-likeness (QED) is 0.844. The van der Waals surface area contributed by atoms with E-state index in [-0.39, 0.29) is 5.91 Å². The fourth-order valence-electron chi connectivity index (χ4n) is 1.95. The second-order valence-corrected chi connectivity index (χ2v) is 5.48. The molecule has 1 aliphatic rings. The summed E-state index contributed by atoms with van der Waals surface area (Å²) in [6.45, 7) is 0.643. The molecule has 1 aliphatic heterocycles. The largest absolute Gasteiger partial charge is 0.367 e. The molecule has 0 aromatic carbocycles. The molecule has 1 aromatic heterocycles. The number of aromatic amines is 1. The molecule has 3 nitrogen and oxygen atoms in total. The molecule has 1 fully saturated rings. The maximum absolute atomic E-state index is 11.7. The minimum Gasteiger partial charge on any atom is -0.367 e. The molecule has 16 heavy (non-hydrogen) atoms. The number of rotatable bonds is 4. The molecule has 0 saturated carbocycles. The SMILES string of the molecule is O=C(CC1CCSCC1)NCc1cc[nH]c1. The van der Waals surface area contributed by atoms with Crippen molar-refractivity contribution in [2.24, 2.45) is 5.92 Å². The molecule has 2 rings (SSSR count). The number of thioether (sulfide) groups is 1. The Morgan fingerprint density at radius 1 is 1.50 bits per heavy atom. The van der Waals surface area contributed by atoms with E-state index in [0.29, 0.717) is 18.9 Å². The number of aromatic nitrogens is 1. The molecule has 0 bridgehead atoms. The maximum Gasteiger partial charge on any atom is 0.220 e. The summed E-state index contributed by atoms with van der Waals surface area (Å²) >= 11 is 2.00. The van der Waals surface area contributed by atoms with Gasteiger partial charge in [0.1, 0.15) is 0 Å². The van der Waals surface area contributed by atoms with Crippen LogP contribution < -0.4 is 5.32 Å². The molecule has 0 unspecified atom stereocenters. The molecule has 1 saturated heterocycles. The fourth-order valence-corrected chi connectivity index (χ4v) is 3.16. The van der Waals surface area contributed by atoms with E-state index < -0.39 is 0 Å². The molecule has 1 amide bonds. The third-order valence-electron chi connectivity index (χ3n) is 2.97. The Balaban J connectivity index is 1.67. The first-order chi connectivity index (χ1) is 7.84. The topological polar surface area (TPSA) is 44.9 Å². The van der Waals surface area contributed by atoms with Crippen LogP contribution in [0.5, 0.6) is 0 Å². The van der Waals surface area contributed by atoms with E-state index in [4.69, 9.17) is 0 Å². The van der Waals surface area contributed by atoms with Crippen molar-refractivity contribution < 1.29 is 4.79 Å². The van der Waals surface area contributed by atoms with Gasteiger partial charge in [-0.3, -0.25) is 4.79 Å². The Hall–Kier alpha value is -0.900. The zero-order valence-corrected chi connectivity index (χ0v) is 10.2. The summed E-state index contributed by atoms with van der Waals surface area (Å²) in [5.74, 6) is 3.23. The van der Waals surface area contributed by atoms with Gasteiger partial charge in [-0.15, -0.1) is 0 Å². The Kier molecular flexibility index (Phi) is 4.34. The van der Waals surface area contributed by atoms with Crippen LogP contribution in [0.15, 0.2) is 18.5 Å². The Labute approximate surface area is 100 Å².